The lowest BCUT2D eigenvalue weighted by Crippen LogP contribution is -2.36. The Bertz CT molecular complexity index is 199. The number of nitriles is 1. The maximum Gasteiger partial charge on any atom is 0.315 e. The van der Waals surface area contributed by atoms with Crippen LogP contribution in [-0.2, 0) is 4.79 Å². The molecule has 6 nitrogen and oxygen atoms in total. The van der Waals surface area contributed by atoms with Gasteiger partial charge >= 0.3 is 6.03 Å². The first kappa shape index (κ1) is 11.2. The lowest BCUT2D eigenvalue weighted by Gasteiger charge is -2.03. The fourth-order valence-corrected chi connectivity index (χ4v) is 0.634. The third-order valence-corrected chi connectivity index (χ3v) is 1.19. The molecule has 0 aliphatic rings. The van der Waals surface area contributed by atoms with Crippen molar-refractivity contribution in [2.45, 2.75) is 6.42 Å². The Kier molecular flexibility index (Phi) is 7.19. The molecule has 0 aromatic carbocycles. The van der Waals surface area contributed by atoms with Crippen molar-refractivity contribution in [3.05, 3.63) is 0 Å². The van der Waals surface area contributed by atoms with Crippen molar-refractivity contribution in [2.24, 2.45) is 0 Å². The van der Waals surface area contributed by atoms with E-state index in [-0.39, 0.29) is 12.6 Å². The Morgan fingerprint density at radius 3 is 2.77 bits per heavy atom. The highest BCUT2D eigenvalue weighted by molar-refractivity contribution is 5.73. The van der Waals surface area contributed by atoms with Crippen LogP contribution >= 0.6 is 0 Å². The van der Waals surface area contributed by atoms with Gasteiger partial charge < -0.3 is 16.0 Å². The summed E-state index contributed by atoms with van der Waals surface area (Å²) in [6.07, 6.45) is 1.27. The molecule has 0 saturated carbocycles. The summed E-state index contributed by atoms with van der Waals surface area (Å²) in [4.78, 5) is 20.6. The molecule has 6 heteroatoms. The van der Waals surface area contributed by atoms with E-state index in [1.54, 1.807) is 6.07 Å². The van der Waals surface area contributed by atoms with E-state index < -0.39 is 0 Å². The minimum atomic E-state index is -0.368. The van der Waals surface area contributed by atoms with Gasteiger partial charge in [0, 0.05) is 13.1 Å². The van der Waals surface area contributed by atoms with Crippen LogP contribution in [-0.4, -0.2) is 32.1 Å². The van der Waals surface area contributed by atoms with Crippen molar-refractivity contribution < 1.29 is 9.59 Å². The smallest absolute Gasteiger partial charge is 0.315 e. The zero-order chi connectivity index (χ0) is 9.94. The molecule has 0 heterocycles. The van der Waals surface area contributed by atoms with Crippen LogP contribution in [0.2, 0.25) is 0 Å². The molecule has 0 unspecified atom stereocenters. The predicted octanol–water partition coefficient (Wildman–Crippen LogP) is -1.05. The van der Waals surface area contributed by atoms with Gasteiger partial charge in [-0.3, -0.25) is 4.79 Å². The summed E-state index contributed by atoms with van der Waals surface area (Å²) in [5, 5.41) is 15.4. The lowest BCUT2D eigenvalue weighted by atomic mass is 10.4. The Hall–Kier alpha value is -1.77. The highest BCUT2D eigenvalue weighted by Crippen LogP contribution is 1.72. The van der Waals surface area contributed by atoms with Gasteiger partial charge in [0.05, 0.1) is 6.07 Å². The van der Waals surface area contributed by atoms with Gasteiger partial charge in [-0.15, -0.1) is 0 Å². The maximum atomic E-state index is 10.8. The van der Waals surface area contributed by atoms with Crippen LogP contribution in [0.15, 0.2) is 0 Å². The molecule has 0 radical (unpaired) electrons. The first-order valence-corrected chi connectivity index (χ1v) is 3.87. The quantitative estimate of drug-likeness (QED) is 0.279. The van der Waals surface area contributed by atoms with E-state index in [0.717, 1.165) is 0 Å². The van der Waals surface area contributed by atoms with Crippen LogP contribution in [0.1, 0.15) is 6.42 Å². The van der Waals surface area contributed by atoms with E-state index in [9.17, 15) is 9.59 Å². The molecule has 0 aliphatic carbocycles. The number of carbonyl (C=O) groups is 2. The van der Waals surface area contributed by atoms with Crippen molar-refractivity contribution >= 4 is 12.4 Å². The SMILES string of the molecule is N#CCNC(=O)NCCCNC=O. The van der Waals surface area contributed by atoms with Crippen molar-refractivity contribution in [1.29, 1.82) is 5.26 Å². The zero-order valence-electron chi connectivity index (χ0n) is 7.17. The average molecular weight is 184 g/mol. The van der Waals surface area contributed by atoms with Gasteiger partial charge in [0.15, 0.2) is 0 Å². The standard InChI is InChI=1S/C7H12N4O2/c8-2-5-11-7(13)10-4-1-3-9-6-12/h6H,1,3-5H2,(H,9,12)(H2,10,11,13). The van der Waals surface area contributed by atoms with Crippen LogP contribution < -0.4 is 16.0 Å². The molecule has 0 rings (SSSR count). The monoisotopic (exact) mass is 184 g/mol. The number of hydrogen-bond acceptors (Lipinski definition) is 3. The summed E-state index contributed by atoms with van der Waals surface area (Å²) in [7, 11) is 0. The minimum Gasteiger partial charge on any atom is -0.359 e. The number of urea groups is 1. The van der Waals surface area contributed by atoms with E-state index in [2.05, 4.69) is 16.0 Å². The minimum absolute atomic E-state index is 0.00157. The number of carbonyl (C=O) groups excluding carboxylic acids is 2. The summed E-state index contributed by atoms with van der Waals surface area (Å²) >= 11 is 0. The zero-order valence-corrected chi connectivity index (χ0v) is 7.17. The van der Waals surface area contributed by atoms with E-state index in [1.807, 2.05) is 0 Å². The molecule has 0 spiro atoms. The molecule has 0 bridgehead atoms. The molecule has 0 aromatic rings. The van der Waals surface area contributed by atoms with Gasteiger partial charge in [0.2, 0.25) is 6.41 Å². The largest absolute Gasteiger partial charge is 0.359 e. The van der Waals surface area contributed by atoms with Crippen molar-refractivity contribution in [1.82, 2.24) is 16.0 Å². The van der Waals surface area contributed by atoms with Gasteiger partial charge in [0.1, 0.15) is 6.54 Å². The molecule has 0 fully saturated rings. The first-order chi connectivity index (χ1) is 6.31. The van der Waals surface area contributed by atoms with Crippen molar-refractivity contribution in [3.8, 4) is 6.07 Å². The molecule has 0 aromatic heterocycles. The second-order valence-electron chi connectivity index (χ2n) is 2.19. The Balaban J connectivity index is 3.17. The van der Waals surface area contributed by atoms with Crippen molar-refractivity contribution in [2.75, 3.05) is 19.6 Å². The summed E-state index contributed by atoms with van der Waals surface area (Å²) in [5.74, 6) is 0. The highest BCUT2D eigenvalue weighted by Gasteiger charge is 1.95. The molecule has 3 N–H and O–H groups in total. The molecule has 0 atom stereocenters. The predicted molar refractivity (Wildman–Crippen MR) is 45.7 cm³/mol. The van der Waals surface area contributed by atoms with Crippen LogP contribution in [0.3, 0.4) is 0 Å². The Morgan fingerprint density at radius 1 is 1.38 bits per heavy atom. The number of rotatable bonds is 6. The second kappa shape index (κ2) is 8.33. The number of nitrogens with one attached hydrogen (secondary N) is 3. The molecular weight excluding hydrogens is 172 g/mol. The molecule has 72 valence electrons. The lowest BCUT2D eigenvalue weighted by molar-refractivity contribution is -0.109. The summed E-state index contributed by atoms with van der Waals surface area (Å²) in [5.41, 5.74) is 0. The maximum absolute atomic E-state index is 10.8. The van der Waals surface area contributed by atoms with E-state index >= 15 is 0 Å². The van der Waals surface area contributed by atoms with Crippen LogP contribution in [0.25, 0.3) is 0 Å². The Labute approximate surface area is 76.3 Å². The molecular formula is C7H12N4O2. The summed E-state index contributed by atoms with van der Waals surface area (Å²) < 4.78 is 0. The fourth-order valence-electron chi connectivity index (χ4n) is 0.634. The van der Waals surface area contributed by atoms with Crippen molar-refractivity contribution in [3.63, 3.8) is 0 Å². The van der Waals surface area contributed by atoms with Crippen LogP contribution in [0, 0.1) is 11.3 Å². The number of nitrogens with zero attached hydrogens (tertiary/aromatic N) is 1. The summed E-state index contributed by atoms with van der Waals surface area (Å²) in [6.45, 7) is 0.999. The fraction of sp³-hybridized carbons (Fsp3) is 0.571. The highest BCUT2D eigenvalue weighted by atomic mass is 16.2. The van der Waals surface area contributed by atoms with Gasteiger partial charge in [-0.1, -0.05) is 0 Å². The van der Waals surface area contributed by atoms with Crippen LogP contribution in [0.5, 0.6) is 0 Å². The first-order valence-electron chi connectivity index (χ1n) is 3.87. The van der Waals surface area contributed by atoms with Gasteiger partial charge in [0.25, 0.3) is 0 Å². The van der Waals surface area contributed by atoms with Gasteiger partial charge in [-0.2, -0.15) is 5.26 Å². The normalized spacial score (nSPS) is 8.23. The van der Waals surface area contributed by atoms with Crippen LogP contribution in [0.4, 0.5) is 4.79 Å². The summed E-state index contributed by atoms with van der Waals surface area (Å²) in [6, 6.07) is 1.41. The second-order valence-corrected chi connectivity index (χ2v) is 2.19. The van der Waals surface area contributed by atoms with E-state index in [0.29, 0.717) is 25.9 Å². The molecule has 0 saturated heterocycles. The topological polar surface area (TPSA) is 94.0 Å². The van der Waals surface area contributed by atoms with Gasteiger partial charge in [-0.25, -0.2) is 4.79 Å². The van der Waals surface area contributed by atoms with Gasteiger partial charge in [-0.05, 0) is 6.42 Å². The molecule has 13 heavy (non-hydrogen) atoms. The van der Waals surface area contributed by atoms with E-state index in [1.165, 1.54) is 0 Å². The third-order valence-electron chi connectivity index (χ3n) is 1.19. The Morgan fingerprint density at radius 2 is 2.15 bits per heavy atom. The number of amides is 3. The third kappa shape index (κ3) is 8.13. The molecule has 0 aliphatic heterocycles. The van der Waals surface area contributed by atoms with E-state index in [4.69, 9.17) is 5.26 Å². The molecule has 3 amide bonds. The number of hydrogen-bond donors (Lipinski definition) is 3. The average Bonchev–Trinajstić information content (AvgIpc) is 2.14.